The highest BCUT2D eigenvalue weighted by Gasteiger charge is 2.23. The van der Waals surface area contributed by atoms with Crippen LogP contribution in [0.1, 0.15) is 13.8 Å². The van der Waals surface area contributed by atoms with Crippen molar-refractivity contribution >= 4 is 22.4 Å². The number of hydrogen-bond acceptors (Lipinski definition) is 8. The number of ether oxygens (including phenoxy) is 3. The number of aromatic nitrogens is 4. The first-order valence-corrected chi connectivity index (χ1v) is 12.6. The maximum absolute atomic E-state index is 5.94. The summed E-state index contributed by atoms with van der Waals surface area (Å²) < 4.78 is 18.9. The molecule has 0 N–H and O–H groups in total. The molecule has 0 unspecified atom stereocenters. The Morgan fingerprint density at radius 3 is 2.32 bits per heavy atom. The second-order valence-corrected chi connectivity index (χ2v) is 9.57. The van der Waals surface area contributed by atoms with Crippen molar-refractivity contribution in [2.45, 2.75) is 26.1 Å². The van der Waals surface area contributed by atoms with Crippen LogP contribution >= 0.6 is 0 Å². The van der Waals surface area contributed by atoms with Crippen molar-refractivity contribution in [2.24, 2.45) is 7.05 Å². The zero-order valence-corrected chi connectivity index (χ0v) is 22.1. The Labute approximate surface area is 217 Å². The van der Waals surface area contributed by atoms with Crippen molar-refractivity contribution in [3.8, 4) is 22.8 Å². The quantitative estimate of drug-likeness (QED) is 0.353. The van der Waals surface area contributed by atoms with Crippen molar-refractivity contribution in [1.29, 1.82) is 0 Å². The lowest BCUT2D eigenvalue weighted by atomic mass is 10.1. The Balaban J connectivity index is 1.52. The standard InChI is InChI=1S/C28H34N6O3/c1-19-16-33(17-20(2)37-19)8-9-34(23-10-24(35-4)13-25(11-23)36-5)22-6-7-26-27(12-22)31-28(15-29-26)21-14-30-32(3)18-21/h6-7,10-15,18-20H,8-9,16-17H2,1-5H3/t19-,20+. The minimum atomic E-state index is 0.218. The number of morpholine rings is 1. The van der Waals surface area contributed by atoms with E-state index in [2.05, 4.69) is 45.9 Å². The predicted molar refractivity (Wildman–Crippen MR) is 145 cm³/mol. The van der Waals surface area contributed by atoms with E-state index < -0.39 is 0 Å². The number of rotatable bonds is 8. The summed E-state index contributed by atoms with van der Waals surface area (Å²) in [7, 11) is 5.24. The topological polar surface area (TPSA) is 77.8 Å². The van der Waals surface area contributed by atoms with Gasteiger partial charge in [0.2, 0.25) is 0 Å². The first-order chi connectivity index (χ1) is 17.9. The predicted octanol–water partition coefficient (Wildman–Crippen LogP) is 4.29. The first-order valence-electron chi connectivity index (χ1n) is 12.6. The highest BCUT2D eigenvalue weighted by atomic mass is 16.5. The number of benzene rings is 2. The summed E-state index contributed by atoms with van der Waals surface area (Å²) in [6, 6.07) is 12.2. The van der Waals surface area contributed by atoms with E-state index in [1.54, 1.807) is 31.3 Å². The van der Waals surface area contributed by atoms with Crippen molar-refractivity contribution in [1.82, 2.24) is 24.6 Å². The maximum atomic E-state index is 5.94. The zero-order chi connectivity index (χ0) is 25.9. The minimum absolute atomic E-state index is 0.218. The van der Waals surface area contributed by atoms with E-state index in [1.807, 2.05) is 37.5 Å². The highest BCUT2D eigenvalue weighted by Crippen LogP contribution is 2.34. The van der Waals surface area contributed by atoms with Crippen LogP contribution < -0.4 is 14.4 Å². The van der Waals surface area contributed by atoms with Gasteiger partial charge in [0.1, 0.15) is 11.5 Å². The van der Waals surface area contributed by atoms with Crippen LogP contribution in [-0.4, -0.2) is 77.3 Å². The molecule has 37 heavy (non-hydrogen) atoms. The summed E-state index contributed by atoms with van der Waals surface area (Å²) in [5.74, 6) is 1.49. The Morgan fingerprint density at radius 1 is 0.946 bits per heavy atom. The average Bonchev–Trinajstić information content (AvgIpc) is 3.33. The van der Waals surface area contributed by atoms with Gasteiger partial charge >= 0.3 is 0 Å². The molecule has 1 fully saturated rings. The average molecular weight is 503 g/mol. The highest BCUT2D eigenvalue weighted by molar-refractivity contribution is 5.82. The molecule has 0 radical (unpaired) electrons. The molecule has 0 aliphatic carbocycles. The van der Waals surface area contributed by atoms with Crippen LogP contribution in [-0.2, 0) is 11.8 Å². The molecule has 2 atom stereocenters. The minimum Gasteiger partial charge on any atom is -0.497 e. The summed E-state index contributed by atoms with van der Waals surface area (Å²) in [6.07, 6.45) is 5.98. The first kappa shape index (κ1) is 25.0. The largest absolute Gasteiger partial charge is 0.497 e. The molecule has 3 heterocycles. The molecule has 0 amide bonds. The van der Waals surface area contributed by atoms with E-state index >= 15 is 0 Å². The molecule has 1 aliphatic rings. The molecule has 2 aromatic carbocycles. The summed E-state index contributed by atoms with van der Waals surface area (Å²) in [4.78, 5) is 14.3. The van der Waals surface area contributed by atoms with E-state index in [0.29, 0.717) is 0 Å². The number of aryl methyl sites for hydroxylation is 1. The fourth-order valence-electron chi connectivity index (χ4n) is 4.92. The van der Waals surface area contributed by atoms with Gasteiger partial charge in [0, 0.05) is 74.6 Å². The Morgan fingerprint density at radius 2 is 1.68 bits per heavy atom. The van der Waals surface area contributed by atoms with Crippen LogP contribution in [0, 0.1) is 0 Å². The molecule has 9 nitrogen and oxygen atoms in total. The zero-order valence-electron chi connectivity index (χ0n) is 22.1. The number of methoxy groups -OCH3 is 2. The Kier molecular flexibility index (Phi) is 7.25. The number of hydrogen-bond donors (Lipinski definition) is 0. The second kappa shape index (κ2) is 10.7. The number of nitrogens with zero attached hydrogens (tertiary/aromatic N) is 6. The SMILES string of the molecule is COc1cc(OC)cc(N(CCN2C[C@@H](C)O[C@@H](C)C2)c2ccc3ncc(-c4cnn(C)c4)nc3c2)c1. The van der Waals surface area contributed by atoms with Gasteiger partial charge in [-0.1, -0.05) is 0 Å². The van der Waals surface area contributed by atoms with Gasteiger partial charge in [0.25, 0.3) is 0 Å². The van der Waals surface area contributed by atoms with Gasteiger partial charge in [-0.05, 0) is 32.0 Å². The summed E-state index contributed by atoms with van der Waals surface area (Å²) in [5.41, 5.74) is 5.41. The van der Waals surface area contributed by atoms with Gasteiger partial charge in [0.05, 0.1) is 55.5 Å². The molecular weight excluding hydrogens is 468 g/mol. The number of anilines is 2. The van der Waals surface area contributed by atoms with Crippen LogP contribution in [0.3, 0.4) is 0 Å². The monoisotopic (exact) mass is 502 g/mol. The van der Waals surface area contributed by atoms with Crippen LogP contribution in [0.5, 0.6) is 11.5 Å². The third-order valence-electron chi connectivity index (χ3n) is 6.62. The smallest absolute Gasteiger partial charge is 0.124 e. The fourth-order valence-corrected chi connectivity index (χ4v) is 4.92. The van der Waals surface area contributed by atoms with Crippen LogP contribution in [0.25, 0.3) is 22.3 Å². The van der Waals surface area contributed by atoms with Crippen molar-refractivity contribution < 1.29 is 14.2 Å². The van der Waals surface area contributed by atoms with Gasteiger partial charge in [-0.3, -0.25) is 14.6 Å². The molecule has 4 aromatic rings. The molecule has 1 saturated heterocycles. The van der Waals surface area contributed by atoms with Crippen LogP contribution in [0.15, 0.2) is 55.0 Å². The van der Waals surface area contributed by atoms with Crippen LogP contribution in [0.4, 0.5) is 11.4 Å². The second-order valence-electron chi connectivity index (χ2n) is 9.57. The molecule has 0 saturated carbocycles. The lowest BCUT2D eigenvalue weighted by Crippen LogP contribution is -2.47. The van der Waals surface area contributed by atoms with Crippen molar-refractivity contribution in [3.63, 3.8) is 0 Å². The van der Waals surface area contributed by atoms with Crippen LogP contribution in [0.2, 0.25) is 0 Å². The van der Waals surface area contributed by atoms with Gasteiger partial charge < -0.3 is 19.1 Å². The third kappa shape index (κ3) is 5.68. The summed E-state index contributed by atoms with van der Waals surface area (Å²) in [5, 5.41) is 4.27. The van der Waals surface area contributed by atoms with E-state index in [0.717, 1.165) is 71.3 Å². The molecule has 5 rings (SSSR count). The summed E-state index contributed by atoms with van der Waals surface area (Å²) in [6.45, 7) is 7.76. The lowest BCUT2D eigenvalue weighted by Gasteiger charge is -2.37. The Hall–Kier alpha value is -3.69. The van der Waals surface area contributed by atoms with E-state index in [4.69, 9.17) is 19.2 Å². The van der Waals surface area contributed by atoms with E-state index in [9.17, 15) is 0 Å². The normalized spacial score (nSPS) is 18.2. The molecule has 2 aromatic heterocycles. The lowest BCUT2D eigenvalue weighted by molar-refractivity contribution is -0.0669. The van der Waals surface area contributed by atoms with Crippen molar-refractivity contribution in [2.75, 3.05) is 45.3 Å². The van der Waals surface area contributed by atoms with Crippen molar-refractivity contribution in [3.05, 3.63) is 55.0 Å². The van der Waals surface area contributed by atoms with E-state index in [-0.39, 0.29) is 12.2 Å². The van der Waals surface area contributed by atoms with Gasteiger partial charge in [-0.25, -0.2) is 4.98 Å². The molecule has 9 heteroatoms. The molecule has 0 spiro atoms. The van der Waals surface area contributed by atoms with E-state index in [1.165, 1.54) is 0 Å². The third-order valence-corrected chi connectivity index (χ3v) is 6.62. The maximum Gasteiger partial charge on any atom is 0.124 e. The molecular formula is C28H34N6O3. The molecule has 0 bridgehead atoms. The molecule has 1 aliphatic heterocycles. The van der Waals surface area contributed by atoms with Gasteiger partial charge in [-0.15, -0.1) is 0 Å². The van der Waals surface area contributed by atoms with Gasteiger partial charge in [0.15, 0.2) is 0 Å². The fraction of sp³-hybridized carbons (Fsp3) is 0.393. The number of fused-ring (bicyclic) bond motifs is 1. The molecule has 194 valence electrons. The van der Waals surface area contributed by atoms with Gasteiger partial charge in [-0.2, -0.15) is 5.10 Å². The Bertz CT molecular complexity index is 1340. The summed E-state index contributed by atoms with van der Waals surface area (Å²) >= 11 is 0.